The number of amides is 1. The van der Waals surface area contributed by atoms with Gasteiger partial charge in [0.25, 0.3) is 0 Å². The first-order chi connectivity index (χ1) is 10.2. The van der Waals surface area contributed by atoms with Crippen molar-refractivity contribution >= 4 is 17.7 Å². The van der Waals surface area contributed by atoms with Gasteiger partial charge in [0, 0.05) is 26.0 Å². The molecule has 1 fully saturated rings. The molecule has 1 aliphatic rings. The van der Waals surface area contributed by atoms with Gasteiger partial charge in [-0.3, -0.25) is 4.79 Å². The molecule has 0 aromatic carbocycles. The number of aryl methyl sites for hydroxylation is 1. The summed E-state index contributed by atoms with van der Waals surface area (Å²) in [5.74, 6) is 0.101. The van der Waals surface area contributed by atoms with Crippen molar-refractivity contribution in [3.05, 3.63) is 12.4 Å². The first-order valence-electron chi connectivity index (χ1n) is 7.81. The summed E-state index contributed by atoms with van der Waals surface area (Å²) < 4.78 is 1.94. The molecule has 21 heavy (non-hydrogen) atoms. The second-order valence-electron chi connectivity index (χ2n) is 5.63. The van der Waals surface area contributed by atoms with E-state index in [2.05, 4.69) is 15.2 Å². The Morgan fingerprint density at radius 1 is 1.43 bits per heavy atom. The maximum atomic E-state index is 12.0. The van der Waals surface area contributed by atoms with Crippen LogP contribution in [0, 0.1) is 0 Å². The predicted octanol–water partition coefficient (Wildman–Crippen LogP) is 1.89. The molecule has 1 atom stereocenters. The third-order valence-corrected chi connectivity index (χ3v) is 5.00. The maximum absolute atomic E-state index is 12.0. The Bertz CT molecular complexity index is 443. The van der Waals surface area contributed by atoms with E-state index in [-0.39, 0.29) is 11.2 Å². The molecule has 1 saturated heterocycles. The molecular weight excluding hydrogens is 284 g/mol. The van der Waals surface area contributed by atoms with Crippen LogP contribution in [0.2, 0.25) is 0 Å². The lowest BCUT2D eigenvalue weighted by Gasteiger charge is -2.15. The molecular formula is C15H26N4OS. The Morgan fingerprint density at radius 2 is 2.19 bits per heavy atom. The van der Waals surface area contributed by atoms with Crippen LogP contribution in [0.25, 0.3) is 0 Å². The summed E-state index contributed by atoms with van der Waals surface area (Å²) in [7, 11) is 1.94. The average Bonchev–Trinajstić information content (AvgIpc) is 3.11. The Balaban J connectivity index is 1.57. The van der Waals surface area contributed by atoms with Gasteiger partial charge in [-0.15, -0.1) is 0 Å². The quantitative estimate of drug-likeness (QED) is 0.588. The summed E-state index contributed by atoms with van der Waals surface area (Å²) in [6.45, 7) is 6.39. The normalized spacial score (nSPS) is 17.0. The Hall–Kier alpha value is -1.01. The van der Waals surface area contributed by atoms with Crippen LogP contribution in [0.3, 0.4) is 0 Å². The lowest BCUT2D eigenvalue weighted by Crippen LogP contribution is -2.32. The second kappa shape index (κ2) is 8.44. The highest BCUT2D eigenvalue weighted by Gasteiger charge is 2.16. The average molecular weight is 310 g/mol. The van der Waals surface area contributed by atoms with Gasteiger partial charge in [0.1, 0.15) is 0 Å². The zero-order valence-electron chi connectivity index (χ0n) is 13.0. The highest BCUT2D eigenvalue weighted by atomic mass is 32.2. The lowest BCUT2D eigenvalue weighted by molar-refractivity contribution is -0.120. The van der Waals surface area contributed by atoms with Crippen molar-refractivity contribution in [3.63, 3.8) is 0 Å². The Morgan fingerprint density at radius 3 is 2.86 bits per heavy atom. The van der Waals surface area contributed by atoms with Gasteiger partial charge in [-0.25, -0.2) is 4.98 Å². The fourth-order valence-electron chi connectivity index (χ4n) is 2.50. The molecule has 0 saturated carbocycles. The zero-order chi connectivity index (χ0) is 15.1. The minimum Gasteiger partial charge on any atom is -0.355 e. The van der Waals surface area contributed by atoms with Crippen molar-refractivity contribution in [1.82, 2.24) is 19.8 Å². The van der Waals surface area contributed by atoms with E-state index in [1.807, 2.05) is 24.7 Å². The van der Waals surface area contributed by atoms with Gasteiger partial charge in [0.15, 0.2) is 5.16 Å². The minimum atomic E-state index is -0.107. The van der Waals surface area contributed by atoms with Crippen molar-refractivity contribution < 1.29 is 4.79 Å². The lowest BCUT2D eigenvalue weighted by atomic mass is 10.3. The van der Waals surface area contributed by atoms with Crippen molar-refractivity contribution in [2.45, 2.75) is 43.0 Å². The molecule has 118 valence electrons. The van der Waals surface area contributed by atoms with E-state index in [1.165, 1.54) is 50.7 Å². The number of imidazole rings is 1. The van der Waals surface area contributed by atoms with E-state index < -0.39 is 0 Å². The van der Waals surface area contributed by atoms with E-state index in [0.717, 1.165) is 18.1 Å². The van der Waals surface area contributed by atoms with Gasteiger partial charge < -0.3 is 14.8 Å². The van der Waals surface area contributed by atoms with Crippen LogP contribution in [-0.2, 0) is 11.8 Å². The molecule has 1 amide bonds. The molecule has 1 unspecified atom stereocenters. The van der Waals surface area contributed by atoms with Crippen molar-refractivity contribution in [1.29, 1.82) is 0 Å². The topological polar surface area (TPSA) is 50.2 Å². The summed E-state index contributed by atoms with van der Waals surface area (Å²) in [4.78, 5) is 18.8. The van der Waals surface area contributed by atoms with E-state index in [1.54, 1.807) is 6.20 Å². The number of nitrogens with one attached hydrogen (secondary N) is 1. The summed E-state index contributed by atoms with van der Waals surface area (Å²) in [5.41, 5.74) is 0. The summed E-state index contributed by atoms with van der Waals surface area (Å²) >= 11 is 1.50. The number of likely N-dealkylation sites (tertiary alicyclic amines) is 1. The zero-order valence-corrected chi connectivity index (χ0v) is 13.9. The van der Waals surface area contributed by atoms with Gasteiger partial charge >= 0.3 is 0 Å². The SMILES string of the molecule is CC(Sc1nccn1C)C(=O)NCCCCN1CCCC1. The third-order valence-electron chi connectivity index (χ3n) is 3.83. The number of carbonyl (C=O) groups is 1. The van der Waals surface area contributed by atoms with Crippen molar-refractivity contribution in [2.24, 2.45) is 7.05 Å². The summed E-state index contributed by atoms with van der Waals surface area (Å²) in [6.07, 6.45) is 8.57. The van der Waals surface area contributed by atoms with Crippen LogP contribution in [0.5, 0.6) is 0 Å². The molecule has 1 N–H and O–H groups in total. The molecule has 1 aromatic rings. The minimum absolute atomic E-state index is 0.101. The molecule has 0 bridgehead atoms. The monoisotopic (exact) mass is 310 g/mol. The number of aromatic nitrogens is 2. The Labute approximate surface area is 131 Å². The smallest absolute Gasteiger partial charge is 0.233 e. The number of hydrogen-bond donors (Lipinski definition) is 1. The van der Waals surface area contributed by atoms with Gasteiger partial charge in [-0.1, -0.05) is 11.8 Å². The van der Waals surface area contributed by atoms with Crippen LogP contribution < -0.4 is 5.32 Å². The predicted molar refractivity (Wildman–Crippen MR) is 86.4 cm³/mol. The van der Waals surface area contributed by atoms with Crippen LogP contribution >= 0.6 is 11.8 Å². The molecule has 5 nitrogen and oxygen atoms in total. The standard InChI is InChI=1S/C15H26N4OS/c1-13(21-15-17-8-12-18(15)2)14(20)16-7-3-4-9-19-10-5-6-11-19/h8,12-13H,3-7,9-11H2,1-2H3,(H,16,20). The maximum Gasteiger partial charge on any atom is 0.233 e. The fourth-order valence-corrected chi connectivity index (χ4v) is 3.35. The van der Waals surface area contributed by atoms with Gasteiger partial charge in [0.05, 0.1) is 5.25 Å². The molecule has 6 heteroatoms. The number of nitrogens with zero attached hydrogens (tertiary/aromatic N) is 3. The number of rotatable bonds is 8. The first kappa shape index (κ1) is 16.4. The molecule has 1 aliphatic heterocycles. The molecule has 2 rings (SSSR count). The molecule has 0 spiro atoms. The number of hydrogen-bond acceptors (Lipinski definition) is 4. The molecule has 1 aromatic heterocycles. The molecule has 0 aliphatic carbocycles. The van der Waals surface area contributed by atoms with Crippen LogP contribution in [0.1, 0.15) is 32.6 Å². The van der Waals surface area contributed by atoms with E-state index >= 15 is 0 Å². The van der Waals surface area contributed by atoms with Crippen molar-refractivity contribution in [3.8, 4) is 0 Å². The molecule has 2 heterocycles. The van der Waals surface area contributed by atoms with Crippen LogP contribution in [0.15, 0.2) is 17.6 Å². The largest absolute Gasteiger partial charge is 0.355 e. The highest BCUT2D eigenvalue weighted by Crippen LogP contribution is 2.20. The number of carbonyl (C=O) groups excluding carboxylic acids is 1. The van der Waals surface area contributed by atoms with E-state index in [4.69, 9.17) is 0 Å². The van der Waals surface area contributed by atoms with Gasteiger partial charge in [-0.2, -0.15) is 0 Å². The van der Waals surface area contributed by atoms with Crippen molar-refractivity contribution in [2.75, 3.05) is 26.2 Å². The van der Waals surface area contributed by atoms with E-state index in [9.17, 15) is 4.79 Å². The first-order valence-corrected chi connectivity index (χ1v) is 8.69. The molecule has 0 radical (unpaired) electrons. The summed E-state index contributed by atoms with van der Waals surface area (Å²) in [5, 5.41) is 3.80. The fraction of sp³-hybridized carbons (Fsp3) is 0.733. The highest BCUT2D eigenvalue weighted by molar-refractivity contribution is 8.00. The number of unbranched alkanes of at least 4 members (excludes halogenated alkanes) is 1. The van der Waals surface area contributed by atoms with Crippen LogP contribution in [0.4, 0.5) is 0 Å². The van der Waals surface area contributed by atoms with Gasteiger partial charge in [0.2, 0.25) is 5.91 Å². The Kier molecular flexibility index (Phi) is 6.57. The number of thioether (sulfide) groups is 1. The third kappa shape index (κ3) is 5.36. The van der Waals surface area contributed by atoms with E-state index in [0.29, 0.717) is 0 Å². The van der Waals surface area contributed by atoms with Gasteiger partial charge in [-0.05, 0) is 52.2 Å². The summed E-state index contributed by atoms with van der Waals surface area (Å²) in [6, 6.07) is 0. The van der Waals surface area contributed by atoms with Crippen LogP contribution in [-0.4, -0.2) is 51.8 Å². The second-order valence-corrected chi connectivity index (χ2v) is 6.94.